The molecule has 0 saturated carbocycles. The number of hydrogen-bond donors (Lipinski definition) is 0. The zero-order chi connectivity index (χ0) is 24.4. The molecule has 0 heterocycles. The summed E-state index contributed by atoms with van der Waals surface area (Å²) in [5, 5.41) is -1.09. The van der Waals surface area contributed by atoms with E-state index >= 15 is 0 Å². The number of benzene rings is 2. The minimum Gasteiger partial charge on any atom is -0.423 e. The summed E-state index contributed by atoms with van der Waals surface area (Å²) in [6.45, 7) is 14.6. The number of rotatable bonds is 7. The average Bonchev–Trinajstić information content (AvgIpc) is 3.10. The molecule has 2 aromatic rings. The van der Waals surface area contributed by atoms with Crippen LogP contribution in [0, 0.1) is 0 Å². The molecule has 0 fully saturated rings. The predicted octanol–water partition coefficient (Wildman–Crippen LogP) is 5.71. The third-order valence-electron chi connectivity index (χ3n) is 6.46. The molecule has 0 aromatic heterocycles. The van der Waals surface area contributed by atoms with Gasteiger partial charge in [0.1, 0.15) is 11.0 Å². The molecule has 0 spiro atoms. The van der Waals surface area contributed by atoms with Crippen LogP contribution < -0.4 is 4.74 Å². The van der Waals surface area contributed by atoms with Crippen molar-refractivity contribution in [2.24, 2.45) is 0 Å². The molecule has 0 saturated heterocycles. The molecular formula is C26H32O5SSi. The van der Waals surface area contributed by atoms with Crippen molar-refractivity contribution in [2.75, 3.05) is 6.61 Å². The van der Waals surface area contributed by atoms with E-state index in [2.05, 4.69) is 40.4 Å². The fraction of sp³-hybridized carbons (Fsp3) is 0.346. The van der Waals surface area contributed by atoms with Gasteiger partial charge in [-0.2, -0.15) is 0 Å². The lowest BCUT2D eigenvalue weighted by Gasteiger charge is -2.36. The first-order valence-electron chi connectivity index (χ1n) is 10.9. The summed E-state index contributed by atoms with van der Waals surface area (Å²) in [4.78, 5) is 13.3. The molecule has 1 aliphatic rings. The fourth-order valence-corrected chi connectivity index (χ4v) is 6.35. The molecule has 0 radical (unpaired) electrons. The van der Waals surface area contributed by atoms with Crippen LogP contribution in [0.2, 0.25) is 18.1 Å². The van der Waals surface area contributed by atoms with Gasteiger partial charge in [-0.3, -0.25) is 0 Å². The standard InChI is InChI=1S/C26H32O5SSi/c1-19-17-22(25(27)31-20-13-9-7-10-14-20)23(18-30-33(5,6)26(2,3)4)24(19)32(28,29)21-15-11-8-12-16-21/h7-16,24H,1,17-18H2,2-6H3. The second-order valence-electron chi connectivity index (χ2n) is 9.83. The molecule has 0 aliphatic heterocycles. The second kappa shape index (κ2) is 9.41. The van der Waals surface area contributed by atoms with E-state index in [0.29, 0.717) is 22.5 Å². The number of esters is 1. The highest BCUT2D eigenvalue weighted by Crippen LogP contribution is 2.41. The lowest BCUT2D eigenvalue weighted by molar-refractivity contribution is -0.130. The van der Waals surface area contributed by atoms with Crippen LogP contribution in [0.25, 0.3) is 0 Å². The van der Waals surface area contributed by atoms with E-state index in [1.807, 2.05) is 6.07 Å². The van der Waals surface area contributed by atoms with Crippen LogP contribution in [0.5, 0.6) is 5.75 Å². The first-order chi connectivity index (χ1) is 15.3. The zero-order valence-electron chi connectivity index (χ0n) is 19.9. The molecule has 7 heteroatoms. The Morgan fingerprint density at radius 3 is 2.12 bits per heavy atom. The molecule has 1 atom stereocenters. The normalized spacial score (nSPS) is 17.4. The van der Waals surface area contributed by atoms with E-state index in [0.717, 1.165) is 0 Å². The molecule has 1 unspecified atom stereocenters. The number of carbonyl (C=O) groups is 1. The van der Waals surface area contributed by atoms with Gasteiger partial charge >= 0.3 is 5.97 Å². The Morgan fingerprint density at radius 2 is 1.58 bits per heavy atom. The molecule has 3 rings (SSSR count). The van der Waals surface area contributed by atoms with Gasteiger partial charge in [0, 0.05) is 12.0 Å². The molecule has 0 amide bonds. The van der Waals surface area contributed by atoms with E-state index in [1.54, 1.807) is 54.6 Å². The molecule has 5 nitrogen and oxygen atoms in total. The summed E-state index contributed by atoms with van der Waals surface area (Å²) >= 11 is 0. The molecule has 1 aliphatic carbocycles. The largest absolute Gasteiger partial charge is 0.423 e. The lowest BCUT2D eigenvalue weighted by Crippen LogP contribution is -2.42. The van der Waals surface area contributed by atoms with Gasteiger partial charge in [-0.25, -0.2) is 13.2 Å². The maximum Gasteiger partial charge on any atom is 0.339 e. The van der Waals surface area contributed by atoms with Gasteiger partial charge in [-0.15, -0.1) is 0 Å². The van der Waals surface area contributed by atoms with Crippen LogP contribution in [-0.2, 0) is 19.1 Å². The first kappa shape index (κ1) is 25.1. The van der Waals surface area contributed by atoms with Crippen molar-refractivity contribution in [3.05, 3.63) is 84.0 Å². The van der Waals surface area contributed by atoms with Crippen molar-refractivity contribution in [1.82, 2.24) is 0 Å². The van der Waals surface area contributed by atoms with Gasteiger partial charge in [-0.05, 0) is 48.0 Å². The number of hydrogen-bond acceptors (Lipinski definition) is 5. The molecule has 2 aromatic carbocycles. The quantitative estimate of drug-likeness (QED) is 0.218. The molecule has 0 N–H and O–H groups in total. The van der Waals surface area contributed by atoms with Crippen LogP contribution in [0.4, 0.5) is 0 Å². The molecule has 0 bridgehead atoms. The van der Waals surface area contributed by atoms with Crippen LogP contribution >= 0.6 is 0 Å². The summed E-state index contributed by atoms with van der Waals surface area (Å²) < 4.78 is 39.2. The van der Waals surface area contributed by atoms with Gasteiger partial charge in [0.2, 0.25) is 0 Å². The Kier molecular flexibility index (Phi) is 7.17. The molecule has 176 valence electrons. The summed E-state index contributed by atoms with van der Waals surface area (Å²) in [6.07, 6.45) is 0.137. The summed E-state index contributed by atoms with van der Waals surface area (Å²) in [5.74, 6) is -0.165. The Hall–Kier alpha value is -2.48. The summed E-state index contributed by atoms with van der Waals surface area (Å²) in [7, 11) is -6.02. The smallest absolute Gasteiger partial charge is 0.339 e. The van der Waals surface area contributed by atoms with E-state index in [-0.39, 0.29) is 23.0 Å². The molecule has 33 heavy (non-hydrogen) atoms. The number of para-hydroxylation sites is 1. The van der Waals surface area contributed by atoms with E-state index in [9.17, 15) is 13.2 Å². The van der Waals surface area contributed by atoms with Gasteiger partial charge in [-0.1, -0.05) is 69.3 Å². The van der Waals surface area contributed by atoms with E-state index in [1.165, 1.54) is 0 Å². The van der Waals surface area contributed by atoms with Crippen molar-refractivity contribution in [3.63, 3.8) is 0 Å². The SMILES string of the molecule is C=C1CC(C(=O)Oc2ccccc2)=C(CO[Si](C)(C)C(C)(C)C)C1S(=O)(=O)c1ccccc1. The first-order valence-corrected chi connectivity index (χ1v) is 15.4. The third-order valence-corrected chi connectivity index (χ3v) is 13.1. The zero-order valence-corrected chi connectivity index (χ0v) is 21.7. The Labute approximate surface area is 198 Å². The fourth-order valence-electron chi connectivity index (χ4n) is 3.49. The van der Waals surface area contributed by atoms with Crippen LogP contribution in [0.15, 0.2) is 88.9 Å². The van der Waals surface area contributed by atoms with Crippen molar-refractivity contribution < 1.29 is 22.4 Å². The van der Waals surface area contributed by atoms with Gasteiger partial charge in [0.05, 0.1) is 11.5 Å². The minimum absolute atomic E-state index is 0.0471. The van der Waals surface area contributed by atoms with Gasteiger partial charge < -0.3 is 9.16 Å². The number of sulfone groups is 1. The number of carbonyl (C=O) groups excluding carboxylic acids is 1. The van der Waals surface area contributed by atoms with E-state index in [4.69, 9.17) is 9.16 Å². The Morgan fingerprint density at radius 1 is 1.03 bits per heavy atom. The summed E-state index contributed by atoms with van der Waals surface area (Å²) in [5.41, 5.74) is 1.19. The highest BCUT2D eigenvalue weighted by Gasteiger charge is 2.44. The monoisotopic (exact) mass is 484 g/mol. The van der Waals surface area contributed by atoms with Gasteiger partial charge in [0.15, 0.2) is 18.2 Å². The summed E-state index contributed by atoms with van der Waals surface area (Å²) in [6, 6.07) is 17.0. The van der Waals surface area contributed by atoms with Gasteiger partial charge in [0.25, 0.3) is 0 Å². The van der Waals surface area contributed by atoms with Crippen molar-refractivity contribution in [1.29, 1.82) is 0 Å². The molecular weight excluding hydrogens is 452 g/mol. The highest BCUT2D eigenvalue weighted by molar-refractivity contribution is 7.92. The second-order valence-corrected chi connectivity index (χ2v) is 16.7. The third kappa shape index (κ3) is 5.37. The van der Waals surface area contributed by atoms with Crippen molar-refractivity contribution >= 4 is 24.1 Å². The van der Waals surface area contributed by atoms with Crippen LogP contribution in [0.3, 0.4) is 0 Å². The Balaban J connectivity index is 2.04. The van der Waals surface area contributed by atoms with E-state index < -0.39 is 29.4 Å². The van der Waals surface area contributed by atoms with Crippen molar-refractivity contribution in [2.45, 2.75) is 55.5 Å². The minimum atomic E-state index is -3.81. The number of ether oxygens (including phenoxy) is 1. The average molecular weight is 485 g/mol. The topological polar surface area (TPSA) is 69.7 Å². The Bertz CT molecular complexity index is 1160. The maximum absolute atomic E-state index is 13.6. The van der Waals surface area contributed by atoms with Crippen molar-refractivity contribution in [3.8, 4) is 5.75 Å². The van der Waals surface area contributed by atoms with Crippen LogP contribution in [0.1, 0.15) is 27.2 Å². The van der Waals surface area contributed by atoms with Crippen LogP contribution in [-0.4, -0.2) is 34.6 Å². The highest BCUT2D eigenvalue weighted by atomic mass is 32.2. The predicted molar refractivity (Wildman–Crippen MR) is 133 cm³/mol. The maximum atomic E-state index is 13.6. The lowest BCUT2D eigenvalue weighted by atomic mass is 10.1.